The first kappa shape index (κ1) is 17.3. The van der Waals surface area contributed by atoms with Gasteiger partial charge >= 0.3 is 6.18 Å². The lowest BCUT2D eigenvalue weighted by Crippen LogP contribution is -2.29. The van der Waals surface area contributed by atoms with Crippen LogP contribution in [0.3, 0.4) is 0 Å². The lowest BCUT2D eigenvalue weighted by molar-refractivity contribution is -0.132. The molecule has 1 rings (SSSR count). The van der Waals surface area contributed by atoms with Crippen LogP contribution in [0.2, 0.25) is 0 Å². The van der Waals surface area contributed by atoms with Crippen LogP contribution in [-0.4, -0.2) is 27.0 Å². The minimum atomic E-state index is -4.55. The number of sulfonamides is 1. The van der Waals surface area contributed by atoms with Gasteiger partial charge in [-0.2, -0.15) is 13.2 Å². The van der Waals surface area contributed by atoms with Gasteiger partial charge in [-0.3, -0.25) is 4.79 Å². The van der Waals surface area contributed by atoms with Crippen LogP contribution >= 0.6 is 0 Å². The van der Waals surface area contributed by atoms with Gasteiger partial charge in [-0.15, -0.1) is 0 Å². The summed E-state index contributed by atoms with van der Waals surface area (Å²) in [6.07, 6.45) is -5.88. The van der Waals surface area contributed by atoms with Crippen LogP contribution < -0.4 is 10.5 Å². The van der Waals surface area contributed by atoms with Crippen molar-refractivity contribution in [2.45, 2.75) is 17.5 Å². The summed E-state index contributed by atoms with van der Waals surface area (Å²) < 4.78 is 84.3. The van der Waals surface area contributed by atoms with Crippen molar-refractivity contribution in [2.75, 3.05) is 6.54 Å². The largest absolute Gasteiger partial charge is 0.390 e. The fourth-order valence-corrected chi connectivity index (χ4v) is 1.95. The first-order valence-corrected chi connectivity index (χ1v) is 6.83. The Morgan fingerprint density at radius 3 is 2.24 bits per heavy atom. The fraction of sp³-hybridized carbons (Fsp3) is 0.300. The van der Waals surface area contributed by atoms with Gasteiger partial charge in [-0.1, -0.05) is 0 Å². The lowest BCUT2D eigenvalue weighted by Gasteiger charge is -2.09. The van der Waals surface area contributed by atoms with Gasteiger partial charge in [0.1, 0.15) is 16.5 Å². The second kappa shape index (κ2) is 5.93. The average Bonchev–Trinajstić information content (AvgIpc) is 2.24. The normalized spacial score (nSPS) is 12.3. The van der Waals surface area contributed by atoms with E-state index in [9.17, 15) is 35.2 Å². The predicted octanol–water partition coefficient (Wildman–Crippen LogP) is 1.29. The van der Waals surface area contributed by atoms with E-state index in [0.717, 1.165) is 0 Å². The van der Waals surface area contributed by atoms with E-state index < -0.39 is 57.2 Å². The van der Waals surface area contributed by atoms with Crippen LogP contribution in [0.25, 0.3) is 0 Å². The Kier molecular flexibility index (Phi) is 4.89. The fourth-order valence-electron chi connectivity index (χ4n) is 1.33. The molecule has 0 saturated heterocycles. The minimum Gasteiger partial charge on any atom is -0.352 e. The zero-order valence-electron chi connectivity index (χ0n) is 10.2. The average molecular weight is 332 g/mol. The van der Waals surface area contributed by atoms with E-state index >= 15 is 0 Å². The van der Waals surface area contributed by atoms with E-state index in [4.69, 9.17) is 0 Å². The van der Waals surface area contributed by atoms with Gasteiger partial charge in [-0.25, -0.2) is 22.3 Å². The number of halogens is 5. The summed E-state index contributed by atoms with van der Waals surface area (Å²) in [5.41, 5.74) is -0.928. The molecule has 0 aromatic heterocycles. The van der Waals surface area contributed by atoms with Crippen molar-refractivity contribution < 1.29 is 35.2 Å². The van der Waals surface area contributed by atoms with Gasteiger partial charge in [0.25, 0.3) is 5.91 Å². The van der Waals surface area contributed by atoms with Gasteiger partial charge in [0.05, 0.1) is 12.0 Å². The third-order valence-corrected chi connectivity index (χ3v) is 3.19. The number of hydrogen-bond acceptors (Lipinski definition) is 3. The molecule has 0 atom stereocenters. The van der Waals surface area contributed by atoms with Gasteiger partial charge < -0.3 is 5.32 Å². The number of carbonyl (C=O) groups is 1. The highest BCUT2D eigenvalue weighted by Gasteiger charge is 2.27. The third-order valence-electron chi connectivity index (χ3n) is 2.27. The molecule has 1 aromatic rings. The van der Waals surface area contributed by atoms with Gasteiger partial charge in [0.2, 0.25) is 10.0 Å². The third kappa shape index (κ3) is 4.93. The second-order valence-electron chi connectivity index (χ2n) is 3.93. The van der Waals surface area contributed by atoms with E-state index in [-0.39, 0.29) is 6.07 Å². The van der Waals surface area contributed by atoms with Crippen molar-refractivity contribution in [3.05, 3.63) is 29.3 Å². The van der Waals surface area contributed by atoms with E-state index in [2.05, 4.69) is 5.14 Å². The molecule has 5 nitrogen and oxygen atoms in total. The summed E-state index contributed by atoms with van der Waals surface area (Å²) in [6, 6.07) is 0.432. The highest BCUT2D eigenvalue weighted by molar-refractivity contribution is 7.89. The molecular weight excluding hydrogens is 323 g/mol. The molecule has 0 aliphatic rings. The molecule has 0 spiro atoms. The van der Waals surface area contributed by atoms with Crippen LogP contribution in [0.5, 0.6) is 0 Å². The molecule has 118 valence electrons. The maximum absolute atomic E-state index is 13.4. The molecule has 1 aromatic carbocycles. The summed E-state index contributed by atoms with van der Waals surface area (Å²) in [6.45, 7) is -0.843. The molecule has 0 aliphatic heterocycles. The number of benzene rings is 1. The topological polar surface area (TPSA) is 89.3 Å². The van der Waals surface area contributed by atoms with Crippen molar-refractivity contribution in [1.29, 1.82) is 0 Å². The van der Waals surface area contributed by atoms with E-state index in [1.165, 1.54) is 0 Å². The zero-order chi connectivity index (χ0) is 16.4. The lowest BCUT2D eigenvalue weighted by atomic mass is 10.2. The van der Waals surface area contributed by atoms with Crippen LogP contribution in [-0.2, 0) is 10.0 Å². The number of carbonyl (C=O) groups excluding carboxylic acids is 1. The SMILES string of the molecule is NS(=O)(=O)c1cc(C(=O)NCCC(F)(F)F)c(F)cc1F. The monoisotopic (exact) mass is 332 g/mol. The zero-order valence-corrected chi connectivity index (χ0v) is 11.0. The van der Waals surface area contributed by atoms with Crippen LogP contribution in [0, 0.1) is 11.6 Å². The number of nitrogens with one attached hydrogen (secondary N) is 1. The highest BCUT2D eigenvalue weighted by Crippen LogP contribution is 2.20. The van der Waals surface area contributed by atoms with E-state index in [1.54, 1.807) is 5.32 Å². The Bertz CT molecular complexity index is 657. The molecule has 3 N–H and O–H groups in total. The van der Waals surface area contributed by atoms with Gasteiger partial charge in [0, 0.05) is 12.6 Å². The highest BCUT2D eigenvalue weighted by atomic mass is 32.2. The number of alkyl halides is 3. The molecule has 21 heavy (non-hydrogen) atoms. The summed E-state index contributed by atoms with van der Waals surface area (Å²) in [5, 5.41) is 6.40. The summed E-state index contributed by atoms with van der Waals surface area (Å²) in [5.74, 6) is -4.26. The van der Waals surface area contributed by atoms with Crippen LogP contribution in [0.15, 0.2) is 17.0 Å². The molecule has 0 heterocycles. The maximum Gasteiger partial charge on any atom is 0.390 e. The van der Waals surface area contributed by atoms with Crippen molar-refractivity contribution >= 4 is 15.9 Å². The molecule has 1 amide bonds. The predicted molar refractivity (Wildman–Crippen MR) is 60.7 cm³/mol. The summed E-state index contributed by atoms with van der Waals surface area (Å²) in [7, 11) is -4.55. The Morgan fingerprint density at radius 2 is 1.76 bits per heavy atom. The van der Waals surface area contributed by atoms with E-state index in [0.29, 0.717) is 6.07 Å². The van der Waals surface area contributed by atoms with E-state index in [1.807, 2.05) is 0 Å². The Balaban J connectivity index is 3.00. The molecule has 0 unspecified atom stereocenters. The van der Waals surface area contributed by atoms with Gasteiger partial charge in [0.15, 0.2) is 0 Å². The van der Waals surface area contributed by atoms with Gasteiger partial charge in [-0.05, 0) is 6.07 Å². The molecule has 0 aliphatic carbocycles. The Hall–Kier alpha value is -1.75. The summed E-state index contributed by atoms with van der Waals surface area (Å²) >= 11 is 0. The van der Waals surface area contributed by atoms with Crippen molar-refractivity contribution in [3.63, 3.8) is 0 Å². The molecule has 0 bridgehead atoms. The molecule has 0 fully saturated rings. The Morgan fingerprint density at radius 1 is 1.19 bits per heavy atom. The first-order chi connectivity index (χ1) is 9.42. The molecule has 0 saturated carbocycles. The number of amides is 1. The van der Waals surface area contributed by atoms with Crippen LogP contribution in [0.4, 0.5) is 22.0 Å². The summed E-state index contributed by atoms with van der Waals surface area (Å²) in [4.78, 5) is 10.3. The molecule has 0 radical (unpaired) electrons. The van der Waals surface area contributed by atoms with Crippen molar-refractivity contribution in [1.82, 2.24) is 5.32 Å². The van der Waals surface area contributed by atoms with Crippen molar-refractivity contribution in [2.24, 2.45) is 5.14 Å². The van der Waals surface area contributed by atoms with Crippen molar-refractivity contribution in [3.8, 4) is 0 Å². The standard InChI is InChI=1S/C10H9F5N2O3S/c11-6-4-7(12)8(21(16,19)20)3-5(6)9(18)17-2-1-10(13,14)15/h3-4H,1-2H2,(H,17,18)(H2,16,19,20). The Labute approximate surface area is 116 Å². The number of nitrogens with two attached hydrogens (primary N) is 1. The van der Waals surface area contributed by atoms with Crippen LogP contribution in [0.1, 0.15) is 16.8 Å². The second-order valence-corrected chi connectivity index (χ2v) is 5.46. The quantitative estimate of drug-likeness (QED) is 0.815. The number of primary sulfonamides is 1. The number of hydrogen-bond donors (Lipinski definition) is 2. The smallest absolute Gasteiger partial charge is 0.352 e. The number of rotatable bonds is 4. The molecule has 11 heteroatoms. The first-order valence-electron chi connectivity index (χ1n) is 5.28. The molecular formula is C10H9F5N2O3S. The minimum absolute atomic E-state index is 0.110. The maximum atomic E-state index is 13.4.